The lowest BCUT2D eigenvalue weighted by Gasteiger charge is -2.13. The monoisotopic (exact) mass is 372 g/mol. The zero-order valence-corrected chi connectivity index (χ0v) is 15.3. The Labute approximate surface area is 148 Å². The Morgan fingerprint density at radius 2 is 2.26 bits per heavy atom. The molecule has 1 atom stereocenters. The maximum absolute atomic E-state index is 12.3. The molecule has 0 aliphatic rings. The number of hydrogen-bond acceptors (Lipinski definition) is 7. The predicted octanol–water partition coefficient (Wildman–Crippen LogP) is 3.75. The second-order valence-electron chi connectivity index (χ2n) is 4.50. The number of nitrogens with zero attached hydrogens (tertiary/aromatic N) is 2. The molecule has 2 aromatic rings. The first kappa shape index (κ1) is 17.8. The van der Waals surface area contributed by atoms with Gasteiger partial charge in [0.15, 0.2) is 4.34 Å². The van der Waals surface area contributed by atoms with Crippen molar-refractivity contribution in [2.45, 2.75) is 23.4 Å². The van der Waals surface area contributed by atoms with Crippen molar-refractivity contribution in [1.29, 1.82) is 0 Å². The number of nitrogens with one attached hydrogen (secondary N) is 2. The summed E-state index contributed by atoms with van der Waals surface area (Å²) in [4.78, 5) is 12.3. The predicted molar refractivity (Wildman–Crippen MR) is 96.0 cm³/mol. The molecule has 0 saturated heterocycles. The molecule has 1 unspecified atom stereocenters. The van der Waals surface area contributed by atoms with Crippen molar-refractivity contribution in [2.24, 2.45) is 0 Å². The van der Waals surface area contributed by atoms with Gasteiger partial charge in [-0.25, -0.2) is 0 Å². The Morgan fingerprint density at radius 1 is 1.48 bits per heavy atom. The first-order chi connectivity index (χ1) is 11.0. The molecule has 1 aromatic heterocycles. The van der Waals surface area contributed by atoms with Gasteiger partial charge in [-0.05, 0) is 32.0 Å². The van der Waals surface area contributed by atoms with E-state index < -0.39 is 0 Å². The molecular weight excluding hydrogens is 356 g/mol. The van der Waals surface area contributed by atoms with Crippen molar-refractivity contribution in [3.63, 3.8) is 0 Å². The van der Waals surface area contributed by atoms with Crippen LogP contribution in [0, 0.1) is 0 Å². The Bertz CT molecular complexity index is 681. The van der Waals surface area contributed by atoms with Crippen molar-refractivity contribution in [1.82, 2.24) is 10.2 Å². The van der Waals surface area contributed by atoms with Gasteiger partial charge < -0.3 is 15.4 Å². The SMILES string of the molecule is CCNc1nnc(SC(C)C(=O)Nc2cc(Cl)ccc2OC)s1. The van der Waals surface area contributed by atoms with E-state index in [4.69, 9.17) is 16.3 Å². The largest absolute Gasteiger partial charge is 0.495 e. The van der Waals surface area contributed by atoms with Gasteiger partial charge in [0.05, 0.1) is 18.0 Å². The van der Waals surface area contributed by atoms with Crippen LogP contribution in [0.3, 0.4) is 0 Å². The number of ether oxygens (including phenoxy) is 1. The number of amides is 1. The highest BCUT2D eigenvalue weighted by Crippen LogP contribution is 2.31. The molecule has 23 heavy (non-hydrogen) atoms. The maximum atomic E-state index is 12.3. The van der Waals surface area contributed by atoms with Gasteiger partial charge in [-0.15, -0.1) is 10.2 Å². The molecule has 2 N–H and O–H groups in total. The summed E-state index contributed by atoms with van der Waals surface area (Å²) in [7, 11) is 1.54. The maximum Gasteiger partial charge on any atom is 0.237 e. The topological polar surface area (TPSA) is 76.1 Å². The van der Waals surface area contributed by atoms with E-state index in [-0.39, 0.29) is 11.2 Å². The molecule has 0 radical (unpaired) electrons. The molecule has 1 heterocycles. The van der Waals surface area contributed by atoms with Crippen molar-refractivity contribution in [2.75, 3.05) is 24.3 Å². The van der Waals surface area contributed by atoms with Gasteiger partial charge >= 0.3 is 0 Å². The molecule has 124 valence electrons. The summed E-state index contributed by atoms with van der Waals surface area (Å²) in [6.45, 7) is 4.58. The number of carbonyl (C=O) groups is 1. The molecule has 0 bridgehead atoms. The van der Waals surface area contributed by atoms with Crippen molar-refractivity contribution in [3.8, 4) is 5.75 Å². The standard InChI is InChI=1S/C14H17ClN4O2S2/c1-4-16-13-18-19-14(23-13)22-8(2)12(20)17-10-7-9(15)5-6-11(10)21-3/h5-8H,4H2,1-3H3,(H,16,18)(H,17,20). The van der Waals surface area contributed by atoms with Gasteiger partial charge in [-0.1, -0.05) is 34.7 Å². The fourth-order valence-corrected chi connectivity index (χ4v) is 3.83. The number of methoxy groups -OCH3 is 1. The highest BCUT2D eigenvalue weighted by atomic mass is 35.5. The van der Waals surface area contributed by atoms with Crippen LogP contribution in [0.15, 0.2) is 22.5 Å². The van der Waals surface area contributed by atoms with E-state index >= 15 is 0 Å². The lowest BCUT2D eigenvalue weighted by atomic mass is 10.3. The third kappa shape index (κ3) is 4.98. The second kappa shape index (κ2) is 8.37. The molecule has 1 aromatic carbocycles. The molecular formula is C14H17ClN4O2S2. The van der Waals surface area contributed by atoms with Crippen LogP contribution in [-0.2, 0) is 4.79 Å². The quantitative estimate of drug-likeness (QED) is 0.721. The molecule has 1 amide bonds. The van der Waals surface area contributed by atoms with E-state index in [0.717, 1.165) is 16.0 Å². The van der Waals surface area contributed by atoms with E-state index in [1.165, 1.54) is 23.1 Å². The van der Waals surface area contributed by atoms with Crippen molar-refractivity contribution >= 4 is 51.4 Å². The van der Waals surface area contributed by atoms with Crippen LogP contribution in [0.25, 0.3) is 0 Å². The summed E-state index contributed by atoms with van der Waals surface area (Å²) in [6.07, 6.45) is 0. The zero-order valence-electron chi connectivity index (χ0n) is 12.9. The lowest BCUT2D eigenvalue weighted by Crippen LogP contribution is -2.22. The molecule has 0 spiro atoms. The fourth-order valence-electron chi connectivity index (χ4n) is 1.70. The second-order valence-corrected chi connectivity index (χ2v) is 7.50. The molecule has 0 aliphatic carbocycles. The minimum atomic E-state index is -0.332. The Morgan fingerprint density at radius 3 is 2.96 bits per heavy atom. The summed E-state index contributed by atoms with van der Waals surface area (Å²) < 4.78 is 5.96. The van der Waals surface area contributed by atoms with Crippen LogP contribution < -0.4 is 15.4 Å². The van der Waals surface area contributed by atoms with Gasteiger partial charge in [-0.3, -0.25) is 4.79 Å². The molecule has 9 heteroatoms. The summed E-state index contributed by atoms with van der Waals surface area (Å²) in [5.41, 5.74) is 0.544. The fraction of sp³-hybridized carbons (Fsp3) is 0.357. The number of rotatable bonds is 7. The van der Waals surface area contributed by atoms with E-state index in [2.05, 4.69) is 20.8 Å². The normalized spacial score (nSPS) is 11.8. The number of hydrogen-bond donors (Lipinski definition) is 2. The highest BCUT2D eigenvalue weighted by Gasteiger charge is 2.18. The van der Waals surface area contributed by atoms with Gasteiger partial charge in [0.2, 0.25) is 11.0 Å². The van der Waals surface area contributed by atoms with Gasteiger partial charge in [-0.2, -0.15) is 0 Å². The van der Waals surface area contributed by atoms with E-state index in [1.54, 1.807) is 25.3 Å². The van der Waals surface area contributed by atoms with Gasteiger partial charge in [0.25, 0.3) is 0 Å². The number of thioether (sulfide) groups is 1. The third-order valence-corrected chi connectivity index (χ3v) is 5.10. The van der Waals surface area contributed by atoms with Crippen LogP contribution in [0.2, 0.25) is 5.02 Å². The van der Waals surface area contributed by atoms with E-state index in [1.807, 2.05) is 13.8 Å². The Balaban J connectivity index is 2.00. The average molecular weight is 373 g/mol. The molecule has 2 rings (SSSR count). The smallest absolute Gasteiger partial charge is 0.237 e. The van der Waals surface area contributed by atoms with E-state index in [9.17, 15) is 4.79 Å². The molecule has 0 fully saturated rings. The van der Waals surface area contributed by atoms with Gasteiger partial charge in [0.1, 0.15) is 5.75 Å². The average Bonchev–Trinajstić information content (AvgIpc) is 2.95. The number of carbonyl (C=O) groups excluding carboxylic acids is 1. The van der Waals surface area contributed by atoms with E-state index in [0.29, 0.717) is 16.5 Å². The minimum Gasteiger partial charge on any atom is -0.495 e. The molecule has 0 saturated carbocycles. The Hall–Kier alpha value is -1.51. The summed E-state index contributed by atoms with van der Waals surface area (Å²) in [5, 5.41) is 14.9. The molecule has 0 aliphatic heterocycles. The van der Waals surface area contributed by atoms with Crippen LogP contribution >= 0.6 is 34.7 Å². The number of benzene rings is 1. The number of halogens is 1. The first-order valence-corrected chi connectivity index (χ1v) is 8.99. The zero-order chi connectivity index (χ0) is 16.8. The van der Waals surface area contributed by atoms with Gasteiger partial charge in [0, 0.05) is 11.6 Å². The number of aromatic nitrogens is 2. The van der Waals surface area contributed by atoms with Crippen LogP contribution in [0.4, 0.5) is 10.8 Å². The highest BCUT2D eigenvalue weighted by molar-refractivity contribution is 8.02. The summed E-state index contributed by atoms with van der Waals surface area (Å²) in [6, 6.07) is 5.07. The summed E-state index contributed by atoms with van der Waals surface area (Å²) >= 11 is 8.74. The minimum absolute atomic E-state index is 0.157. The van der Waals surface area contributed by atoms with Crippen molar-refractivity contribution in [3.05, 3.63) is 23.2 Å². The van der Waals surface area contributed by atoms with Crippen LogP contribution in [0.5, 0.6) is 5.75 Å². The molecule has 6 nitrogen and oxygen atoms in total. The summed E-state index contributed by atoms with van der Waals surface area (Å²) in [5.74, 6) is 0.404. The number of anilines is 2. The van der Waals surface area contributed by atoms with Crippen LogP contribution in [-0.4, -0.2) is 35.0 Å². The van der Waals surface area contributed by atoms with Crippen molar-refractivity contribution < 1.29 is 9.53 Å². The Kier molecular flexibility index (Phi) is 6.49. The third-order valence-electron chi connectivity index (χ3n) is 2.80. The van der Waals surface area contributed by atoms with Crippen LogP contribution in [0.1, 0.15) is 13.8 Å². The lowest BCUT2D eigenvalue weighted by molar-refractivity contribution is -0.115. The first-order valence-electron chi connectivity index (χ1n) is 6.92.